The molecule has 0 saturated carbocycles. The van der Waals surface area contributed by atoms with Gasteiger partial charge < -0.3 is 19.6 Å². The van der Waals surface area contributed by atoms with Crippen molar-refractivity contribution >= 4 is 23.0 Å². The minimum absolute atomic E-state index is 0.0904. The van der Waals surface area contributed by atoms with Crippen LogP contribution in [0.2, 0.25) is 0 Å². The van der Waals surface area contributed by atoms with Crippen molar-refractivity contribution in [2.45, 2.75) is 44.3 Å². The third-order valence-electron chi connectivity index (χ3n) is 7.16. The first-order valence-electron chi connectivity index (χ1n) is 12.6. The van der Waals surface area contributed by atoms with Crippen LogP contribution in [0.3, 0.4) is 0 Å². The van der Waals surface area contributed by atoms with Gasteiger partial charge in [-0.25, -0.2) is 0 Å². The number of ether oxygens (including phenoxy) is 1. The quantitative estimate of drug-likeness (QED) is 0.518. The second-order valence-corrected chi connectivity index (χ2v) is 9.92. The number of aliphatic hydroxyl groups is 1. The predicted molar refractivity (Wildman–Crippen MR) is 137 cm³/mol. The van der Waals surface area contributed by atoms with Crippen LogP contribution in [0, 0.1) is 0 Å². The number of furan rings is 1. The highest BCUT2D eigenvalue weighted by Crippen LogP contribution is 2.35. The van der Waals surface area contributed by atoms with Gasteiger partial charge in [-0.1, -0.05) is 48.0 Å². The fourth-order valence-corrected chi connectivity index (χ4v) is 5.15. The summed E-state index contributed by atoms with van der Waals surface area (Å²) >= 11 is 0. The van der Waals surface area contributed by atoms with Gasteiger partial charge in [-0.3, -0.25) is 9.69 Å². The van der Waals surface area contributed by atoms with Crippen molar-refractivity contribution in [2.75, 3.05) is 32.8 Å². The zero-order valence-corrected chi connectivity index (χ0v) is 20.3. The van der Waals surface area contributed by atoms with E-state index in [-0.39, 0.29) is 17.8 Å². The SMILES string of the molecule is C/C(=C\c1ccccc1)CN1CCC(O)(c2ccc3oc(C(=O)NCC4CCCO4)cc3c2)CC1. The number of piperidine rings is 1. The number of benzene rings is 2. The van der Waals surface area contributed by atoms with E-state index in [9.17, 15) is 9.90 Å². The fourth-order valence-electron chi connectivity index (χ4n) is 5.15. The molecule has 2 aromatic carbocycles. The summed E-state index contributed by atoms with van der Waals surface area (Å²) in [5.74, 6) is 0.0573. The molecule has 6 heteroatoms. The van der Waals surface area contributed by atoms with Gasteiger partial charge in [0.15, 0.2) is 5.76 Å². The molecule has 1 aromatic heterocycles. The van der Waals surface area contributed by atoms with Crippen molar-refractivity contribution < 1.29 is 19.1 Å². The highest BCUT2D eigenvalue weighted by molar-refractivity contribution is 5.96. The summed E-state index contributed by atoms with van der Waals surface area (Å²) in [6.45, 7) is 5.98. The monoisotopic (exact) mass is 474 g/mol. The maximum atomic E-state index is 12.5. The van der Waals surface area contributed by atoms with E-state index in [1.165, 1.54) is 11.1 Å². The molecule has 2 fully saturated rings. The minimum atomic E-state index is -0.874. The Morgan fingerprint density at radius 1 is 1.17 bits per heavy atom. The van der Waals surface area contributed by atoms with E-state index in [1.54, 1.807) is 6.07 Å². The second-order valence-electron chi connectivity index (χ2n) is 9.92. The van der Waals surface area contributed by atoms with Crippen molar-refractivity contribution in [1.82, 2.24) is 10.2 Å². The van der Waals surface area contributed by atoms with E-state index in [0.717, 1.165) is 50.0 Å². The third-order valence-corrected chi connectivity index (χ3v) is 7.16. The molecule has 2 saturated heterocycles. The minimum Gasteiger partial charge on any atom is -0.451 e. The summed E-state index contributed by atoms with van der Waals surface area (Å²) in [5.41, 5.74) is 3.19. The molecule has 2 N–H and O–H groups in total. The maximum absolute atomic E-state index is 12.5. The Morgan fingerprint density at radius 2 is 1.97 bits per heavy atom. The molecule has 2 aliphatic rings. The first-order valence-corrected chi connectivity index (χ1v) is 12.6. The van der Waals surface area contributed by atoms with E-state index in [4.69, 9.17) is 9.15 Å². The van der Waals surface area contributed by atoms with E-state index in [2.05, 4.69) is 47.5 Å². The summed E-state index contributed by atoms with van der Waals surface area (Å²) in [6.07, 6.45) is 5.67. The number of carbonyl (C=O) groups excluding carboxylic acids is 1. The van der Waals surface area contributed by atoms with Gasteiger partial charge in [-0.05, 0) is 61.9 Å². The molecule has 1 atom stereocenters. The Labute approximate surface area is 206 Å². The number of nitrogens with zero attached hydrogens (tertiary/aromatic N) is 1. The van der Waals surface area contributed by atoms with Gasteiger partial charge in [0.05, 0.1) is 11.7 Å². The van der Waals surface area contributed by atoms with Crippen molar-refractivity contribution in [1.29, 1.82) is 0 Å². The molecule has 6 nitrogen and oxygen atoms in total. The van der Waals surface area contributed by atoms with E-state index in [1.807, 2.05) is 24.3 Å². The second kappa shape index (κ2) is 10.4. The molecule has 0 spiro atoms. The van der Waals surface area contributed by atoms with Gasteiger partial charge in [-0.2, -0.15) is 0 Å². The van der Waals surface area contributed by atoms with Crippen LogP contribution in [-0.4, -0.2) is 54.8 Å². The lowest BCUT2D eigenvalue weighted by molar-refractivity contribution is -0.0237. The molecule has 3 aromatic rings. The average molecular weight is 475 g/mol. The van der Waals surface area contributed by atoms with Crippen LogP contribution < -0.4 is 5.32 Å². The highest BCUT2D eigenvalue weighted by atomic mass is 16.5. The van der Waals surface area contributed by atoms with E-state index < -0.39 is 5.60 Å². The van der Waals surface area contributed by atoms with Gasteiger partial charge in [-0.15, -0.1) is 0 Å². The van der Waals surface area contributed by atoms with Crippen LogP contribution in [0.15, 0.2) is 64.6 Å². The molecule has 0 radical (unpaired) electrons. The first kappa shape index (κ1) is 23.8. The number of amides is 1. The van der Waals surface area contributed by atoms with Crippen LogP contribution in [0.5, 0.6) is 0 Å². The van der Waals surface area contributed by atoms with E-state index in [0.29, 0.717) is 25.0 Å². The summed E-state index contributed by atoms with van der Waals surface area (Å²) in [6, 6.07) is 17.9. The number of hydrogen-bond acceptors (Lipinski definition) is 5. The van der Waals surface area contributed by atoms with Gasteiger partial charge >= 0.3 is 0 Å². The molecule has 0 bridgehead atoms. The Bertz CT molecular complexity index is 1190. The molecule has 1 amide bonds. The molecule has 2 aliphatic heterocycles. The van der Waals surface area contributed by atoms with Crippen LogP contribution in [0.4, 0.5) is 0 Å². The first-order chi connectivity index (χ1) is 17.0. The number of nitrogens with one attached hydrogen (secondary N) is 1. The maximum Gasteiger partial charge on any atom is 0.287 e. The summed E-state index contributed by atoms with van der Waals surface area (Å²) in [5, 5.41) is 15.2. The van der Waals surface area contributed by atoms with Gasteiger partial charge in [0.2, 0.25) is 0 Å². The predicted octanol–water partition coefficient (Wildman–Crippen LogP) is 4.73. The number of fused-ring (bicyclic) bond motifs is 1. The summed E-state index contributed by atoms with van der Waals surface area (Å²) in [7, 11) is 0. The lowest BCUT2D eigenvalue weighted by Gasteiger charge is -2.38. The molecular weight excluding hydrogens is 440 g/mol. The molecule has 1 unspecified atom stereocenters. The normalized spacial score (nSPS) is 20.9. The topological polar surface area (TPSA) is 74.9 Å². The molecular formula is C29H34N2O4. The molecule has 184 valence electrons. The van der Waals surface area contributed by atoms with Gasteiger partial charge in [0.25, 0.3) is 5.91 Å². The Hall–Kier alpha value is -2.93. The van der Waals surface area contributed by atoms with Gasteiger partial charge in [0.1, 0.15) is 5.58 Å². The van der Waals surface area contributed by atoms with Crippen LogP contribution >= 0.6 is 0 Å². The van der Waals surface area contributed by atoms with Crippen molar-refractivity contribution in [3.63, 3.8) is 0 Å². The standard InChI is InChI=1S/C29H34N2O4/c1-21(16-22-6-3-2-4-7-22)20-31-13-11-29(33,12-14-31)24-9-10-26-23(17-24)18-27(35-26)28(32)30-19-25-8-5-15-34-25/h2-4,6-7,9-10,16-18,25,33H,5,8,11-15,19-20H2,1H3,(H,30,32)/b21-16+. The lowest BCUT2D eigenvalue weighted by atomic mass is 9.84. The van der Waals surface area contributed by atoms with Crippen LogP contribution in [0.25, 0.3) is 17.0 Å². The third kappa shape index (κ3) is 5.67. The smallest absolute Gasteiger partial charge is 0.287 e. The van der Waals surface area contributed by atoms with Gasteiger partial charge in [0, 0.05) is 38.2 Å². The lowest BCUT2D eigenvalue weighted by Crippen LogP contribution is -2.43. The molecule has 5 rings (SSSR count). The summed E-state index contributed by atoms with van der Waals surface area (Å²) in [4.78, 5) is 14.9. The number of carbonyl (C=O) groups is 1. The van der Waals surface area contributed by atoms with Crippen molar-refractivity contribution in [3.8, 4) is 0 Å². The zero-order valence-electron chi connectivity index (χ0n) is 20.3. The number of likely N-dealkylation sites (tertiary alicyclic amines) is 1. The summed E-state index contributed by atoms with van der Waals surface area (Å²) < 4.78 is 11.3. The molecule has 3 heterocycles. The van der Waals surface area contributed by atoms with Crippen LogP contribution in [-0.2, 0) is 10.3 Å². The largest absolute Gasteiger partial charge is 0.451 e. The average Bonchev–Trinajstić information content (AvgIpc) is 3.54. The highest BCUT2D eigenvalue weighted by Gasteiger charge is 2.34. The van der Waals surface area contributed by atoms with Crippen LogP contribution in [0.1, 0.15) is 54.3 Å². The molecule has 35 heavy (non-hydrogen) atoms. The Morgan fingerprint density at radius 3 is 2.71 bits per heavy atom. The Kier molecular flexibility index (Phi) is 7.04. The molecule has 0 aliphatic carbocycles. The van der Waals surface area contributed by atoms with E-state index >= 15 is 0 Å². The number of hydrogen-bond donors (Lipinski definition) is 2. The van der Waals surface area contributed by atoms with Crippen molar-refractivity contribution in [3.05, 3.63) is 77.1 Å². The number of rotatable bonds is 7. The fraction of sp³-hybridized carbons (Fsp3) is 0.414. The Balaban J connectivity index is 1.20. The van der Waals surface area contributed by atoms with Crippen molar-refractivity contribution in [2.24, 2.45) is 0 Å². The zero-order chi connectivity index (χ0) is 24.3.